The molecule has 4 rings (SSSR count). The van der Waals surface area contributed by atoms with Gasteiger partial charge in [-0.05, 0) is 35.4 Å². The van der Waals surface area contributed by atoms with Crippen LogP contribution in [0.25, 0.3) is 0 Å². The molecular formula is C16H13ClN2O2. The highest BCUT2D eigenvalue weighted by Crippen LogP contribution is 2.36. The Morgan fingerprint density at radius 1 is 1.05 bits per heavy atom. The summed E-state index contributed by atoms with van der Waals surface area (Å²) in [5.41, 5.74) is 6.46. The summed E-state index contributed by atoms with van der Waals surface area (Å²) in [7, 11) is 0. The molecule has 0 bridgehead atoms. The predicted octanol–water partition coefficient (Wildman–Crippen LogP) is 3.51. The summed E-state index contributed by atoms with van der Waals surface area (Å²) in [4.78, 5) is 0. The van der Waals surface area contributed by atoms with Gasteiger partial charge in [0, 0.05) is 11.4 Å². The van der Waals surface area contributed by atoms with Crippen LogP contribution in [0.1, 0.15) is 23.6 Å². The number of halogens is 1. The molecule has 2 aliphatic rings. The van der Waals surface area contributed by atoms with Crippen molar-refractivity contribution in [1.29, 1.82) is 0 Å². The van der Waals surface area contributed by atoms with Crippen molar-refractivity contribution in [3.63, 3.8) is 0 Å². The van der Waals surface area contributed by atoms with E-state index in [2.05, 4.69) is 10.5 Å². The van der Waals surface area contributed by atoms with Gasteiger partial charge in [-0.1, -0.05) is 29.8 Å². The number of nitrogens with one attached hydrogen (secondary N) is 1. The van der Waals surface area contributed by atoms with E-state index in [9.17, 15) is 0 Å². The summed E-state index contributed by atoms with van der Waals surface area (Å²) in [6.07, 6.45) is 0.835. The lowest BCUT2D eigenvalue weighted by atomic mass is 9.99. The van der Waals surface area contributed by atoms with Crippen LogP contribution in [0.15, 0.2) is 47.6 Å². The van der Waals surface area contributed by atoms with Gasteiger partial charge in [0.1, 0.15) is 0 Å². The van der Waals surface area contributed by atoms with E-state index in [1.165, 1.54) is 0 Å². The Hall–Kier alpha value is -2.20. The average molecular weight is 301 g/mol. The van der Waals surface area contributed by atoms with E-state index in [1.54, 1.807) is 0 Å². The van der Waals surface area contributed by atoms with Crippen LogP contribution in [-0.2, 0) is 0 Å². The second-order valence-corrected chi connectivity index (χ2v) is 5.50. The van der Waals surface area contributed by atoms with Crippen molar-refractivity contribution in [1.82, 2.24) is 5.43 Å². The first-order valence-corrected chi connectivity index (χ1v) is 7.15. The van der Waals surface area contributed by atoms with Gasteiger partial charge >= 0.3 is 0 Å². The van der Waals surface area contributed by atoms with Crippen LogP contribution in [0.4, 0.5) is 0 Å². The molecule has 0 saturated carbocycles. The maximum Gasteiger partial charge on any atom is 0.231 e. The lowest BCUT2D eigenvalue weighted by molar-refractivity contribution is 0.174. The smallest absolute Gasteiger partial charge is 0.231 e. The van der Waals surface area contributed by atoms with Gasteiger partial charge in [0.2, 0.25) is 6.79 Å². The Morgan fingerprint density at radius 2 is 1.86 bits per heavy atom. The van der Waals surface area contributed by atoms with Crippen molar-refractivity contribution in [3.05, 3.63) is 58.6 Å². The van der Waals surface area contributed by atoms with Crippen LogP contribution in [0, 0.1) is 0 Å². The van der Waals surface area contributed by atoms with Crippen molar-refractivity contribution in [2.75, 3.05) is 6.79 Å². The van der Waals surface area contributed by atoms with Crippen LogP contribution >= 0.6 is 11.6 Å². The number of benzene rings is 2. The highest BCUT2D eigenvalue weighted by atomic mass is 35.5. The van der Waals surface area contributed by atoms with Crippen LogP contribution in [0.3, 0.4) is 0 Å². The summed E-state index contributed by atoms with van der Waals surface area (Å²) < 4.78 is 10.8. The van der Waals surface area contributed by atoms with Gasteiger partial charge in [-0.3, -0.25) is 0 Å². The summed E-state index contributed by atoms with van der Waals surface area (Å²) >= 11 is 5.92. The summed E-state index contributed by atoms with van der Waals surface area (Å²) in [5.74, 6) is 1.60. The van der Waals surface area contributed by atoms with Gasteiger partial charge in [-0.2, -0.15) is 5.10 Å². The highest BCUT2D eigenvalue weighted by molar-refractivity contribution is 6.30. The molecular weight excluding hydrogens is 288 g/mol. The Kier molecular flexibility index (Phi) is 2.97. The van der Waals surface area contributed by atoms with Crippen LogP contribution in [0.2, 0.25) is 5.02 Å². The molecule has 2 aromatic rings. The normalized spacial score (nSPS) is 19.3. The molecule has 1 unspecified atom stereocenters. The Balaban J connectivity index is 1.54. The summed E-state index contributed by atoms with van der Waals surface area (Å²) in [6, 6.07) is 13.9. The van der Waals surface area contributed by atoms with E-state index >= 15 is 0 Å². The zero-order chi connectivity index (χ0) is 14.2. The van der Waals surface area contributed by atoms with Gasteiger partial charge in [-0.15, -0.1) is 0 Å². The molecule has 4 nitrogen and oxygen atoms in total. The van der Waals surface area contributed by atoms with E-state index in [0.717, 1.165) is 39.8 Å². The molecule has 1 atom stereocenters. The number of fused-ring (bicyclic) bond motifs is 1. The SMILES string of the molecule is Clc1ccc(C2=NNC(c3ccc4c(c3)OCO4)C2)cc1. The number of ether oxygens (including phenoxy) is 2. The largest absolute Gasteiger partial charge is 0.454 e. The zero-order valence-electron chi connectivity index (χ0n) is 11.2. The zero-order valence-corrected chi connectivity index (χ0v) is 11.9. The number of hydrogen-bond donors (Lipinski definition) is 1. The average Bonchev–Trinajstić information content (AvgIpc) is 3.16. The molecule has 0 aromatic heterocycles. The maximum atomic E-state index is 5.92. The van der Waals surface area contributed by atoms with E-state index in [4.69, 9.17) is 21.1 Å². The minimum atomic E-state index is 0.158. The van der Waals surface area contributed by atoms with Crippen LogP contribution in [0.5, 0.6) is 11.5 Å². The predicted molar refractivity (Wildman–Crippen MR) is 81.0 cm³/mol. The number of rotatable bonds is 2. The summed E-state index contributed by atoms with van der Waals surface area (Å²) in [6.45, 7) is 0.295. The van der Waals surface area contributed by atoms with Crippen molar-refractivity contribution in [2.45, 2.75) is 12.5 Å². The molecule has 5 heteroatoms. The minimum Gasteiger partial charge on any atom is -0.454 e. The van der Waals surface area contributed by atoms with Crippen LogP contribution in [-0.4, -0.2) is 12.5 Å². The molecule has 0 spiro atoms. The molecule has 0 aliphatic carbocycles. The molecule has 0 saturated heterocycles. The molecule has 0 radical (unpaired) electrons. The molecule has 2 heterocycles. The molecule has 0 fully saturated rings. The van der Waals surface area contributed by atoms with Gasteiger partial charge < -0.3 is 14.9 Å². The first kappa shape index (κ1) is 12.5. The minimum absolute atomic E-state index is 0.158. The Morgan fingerprint density at radius 3 is 2.71 bits per heavy atom. The topological polar surface area (TPSA) is 42.9 Å². The quantitative estimate of drug-likeness (QED) is 0.923. The van der Waals surface area contributed by atoms with Gasteiger partial charge in [0.15, 0.2) is 11.5 Å². The van der Waals surface area contributed by atoms with Crippen molar-refractivity contribution in [2.24, 2.45) is 5.10 Å². The van der Waals surface area contributed by atoms with Crippen molar-refractivity contribution < 1.29 is 9.47 Å². The van der Waals surface area contributed by atoms with Gasteiger partial charge in [-0.25, -0.2) is 0 Å². The van der Waals surface area contributed by atoms with Crippen molar-refractivity contribution >= 4 is 17.3 Å². The lowest BCUT2D eigenvalue weighted by Gasteiger charge is -2.10. The molecule has 0 amide bonds. The van der Waals surface area contributed by atoms with Gasteiger partial charge in [0.25, 0.3) is 0 Å². The lowest BCUT2D eigenvalue weighted by Crippen LogP contribution is -2.09. The van der Waals surface area contributed by atoms with E-state index < -0.39 is 0 Å². The Bertz CT molecular complexity index is 713. The number of hydrogen-bond acceptors (Lipinski definition) is 4. The highest BCUT2D eigenvalue weighted by Gasteiger charge is 2.23. The van der Waals surface area contributed by atoms with Crippen LogP contribution < -0.4 is 14.9 Å². The number of hydrazone groups is 1. The number of nitrogens with zero attached hydrogens (tertiary/aromatic N) is 1. The molecule has 2 aromatic carbocycles. The fourth-order valence-electron chi connectivity index (χ4n) is 2.59. The fourth-order valence-corrected chi connectivity index (χ4v) is 2.71. The van der Waals surface area contributed by atoms with E-state index in [1.807, 2.05) is 42.5 Å². The summed E-state index contributed by atoms with van der Waals surface area (Å²) in [5, 5.41) is 5.17. The third kappa shape index (κ3) is 2.32. The first-order chi connectivity index (χ1) is 10.3. The van der Waals surface area contributed by atoms with E-state index in [0.29, 0.717) is 6.79 Å². The molecule has 2 aliphatic heterocycles. The van der Waals surface area contributed by atoms with Crippen molar-refractivity contribution in [3.8, 4) is 11.5 Å². The first-order valence-electron chi connectivity index (χ1n) is 6.77. The third-order valence-corrected chi connectivity index (χ3v) is 3.98. The van der Waals surface area contributed by atoms with Gasteiger partial charge in [0.05, 0.1) is 11.8 Å². The standard InChI is InChI=1S/C16H13ClN2O2/c17-12-4-1-10(2-5-12)13-8-14(19-18-13)11-3-6-15-16(7-11)21-9-20-15/h1-7,14,19H,8-9H2. The maximum absolute atomic E-state index is 5.92. The fraction of sp³-hybridized carbons (Fsp3) is 0.188. The molecule has 1 N–H and O–H groups in total. The Labute approximate surface area is 127 Å². The molecule has 21 heavy (non-hydrogen) atoms. The molecule has 106 valence electrons. The second kappa shape index (κ2) is 4.97. The third-order valence-electron chi connectivity index (χ3n) is 3.73. The van der Waals surface area contributed by atoms with E-state index in [-0.39, 0.29) is 6.04 Å². The monoisotopic (exact) mass is 300 g/mol. The second-order valence-electron chi connectivity index (χ2n) is 5.06.